The van der Waals surface area contributed by atoms with Crippen LogP contribution < -0.4 is 0 Å². The number of amides is 1. The Labute approximate surface area is 137 Å². The Morgan fingerprint density at radius 1 is 1.26 bits per heavy atom. The number of hydrogen-bond donors (Lipinski definition) is 0. The highest BCUT2D eigenvalue weighted by atomic mass is 32.2. The van der Waals surface area contributed by atoms with Gasteiger partial charge in [-0.3, -0.25) is 9.69 Å². The highest BCUT2D eigenvalue weighted by molar-refractivity contribution is 7.88. The number of nitrogens with zero attached hydrogens (tertiary/aromatic N) is 3. The first-order chi connectivity index (χ1) is 10.8. The molecular weight excluding hydrogens is 318 g/mol. The van der Waals surface area contributed by atoms with Crippen molar-refractivity contribution in [2.75, 3.05) is 46.0 Å². The third-order valence-corrected chi connectivity index (χ3v) is 5.29. The molecule has 0 unspecified atom stereocenters. The predicted molar refractivity (Wildman–Crippen MR) is 87.4 cm³/mol. The monoisotopic (exact) mass is 343 g/mol. The van der Waals surface area contributed by atoms with Crippen molar-refractivity contribution in [3.05, 3.63) is 23.7 Å². The van der Waals surface area contributed by atoms with Gasteiger partial charge in [0.1, 0.15) is 11.5 Å². The number of furan rings is 1. The summed E-state index contributed by atoms with van der Waals surface area (Å²) >= 11 is 0. The van der Waals surface area contributed by atoms with E-state index in [4.69, 9.17) is 4.42 Å². The summed E-state index contributed by atoms with van der Waals surface area (Å²) in [7, 11) is -1.41. The van der Waals surface area contributed by atoms with Gasteiger partial charge in [0.15, 0.2) is 0 Å². The highest BCUT2D eigenvalue weighted by Gasteiger charge is 2.23. The van der Waals surface area contributed by atoms with Crippen LogP contribution in [0.25, 0.3) is 0 Å². The Bertz CT molecular complexity index is 641. The zero-order valence-electron chi connectivity index (χ0n) is 14.0. The Balaban J connectivity index is 1.85. The molecule has 130 valence electrons. The number of hydrogen-bond acceptors (Lipinski definition) is 5. The molecule has 1 fully saturated rings. The van der Waals surface area contributed by atoms with Gasteiger partial charge >= 0.3 is 0 Å². The Morgan fingerprint density at radius 2 is 2.00 bits per heavy atom. The summed E-state index contributed by atoms with van der Waals surface area (Å²) in [5.41, 5.74) is 0. The van der Waals surface area contributed by atoms with E-state index in [9.17, 15) is 13.2 Å². The summed E-state index contributed by atoms with van der Waals surface area (Å²) in [6, 6.07) is 3.75. The topological polar surface area (TPSA) is 74.1 Å². The smallest absolute Gasteiger partial charge is 0.236 e. The van der Waals surface area contributed by atoms with Crippen molar-refractivity contribution in [1.29, 1.82) is 0 Å². The lowest BCUT2D eigenvalue weighted by atomic mass is 10.3. The van der Waals surface area contributed by atoms with E-state index in [0.29, 0.717) is 32.7 Å². The van der Waals surface area contributed by atoms with E-state index < -0.39 is 10.0 Å². The van der Waals surface area contributed by atoms with E-state index in [1.54, 1.807) is 11.9 Å². The first kappa shape index (κ1) is 18.0. The molecule has 1 aromatic heterocycles. The molecule has 0 aliphatic carbocycles. The summed E-state index contributed by atoms with van der Waals surface area (Å²) in [5.74, 6) is 1.60. The fourth-order valence-electron chi connectivity index (χ4n) is 2.64. The van der Waals surface area contributed by atoms with Crippen LogP contribution in [-0.2, 0) is 21.4 Å². The second-order valence-corrected chi connectivity index (χ2v) is 8.04. The summed E-state index contributed by atoms with van der Waals surface area (Å²) in [6.07, 6.45) is 1.97. The minimum atomic E-state index is -3.16. The van der Waals surface area contributed by atoms with Gasteiger partial charge < -0.3 is 9.32 Å². The van der Waals surface area contributed by atoms with Crippen molar-refractivity contribution in [1.82, 2.24) is 14.1 Å². The minimum Gasteiger partial charge on any atom is -0.464 e. The van der Waals surface area contributed by atoms with E-state index in [2.05, 4.69) is 0 Å². The number of aryl methyl sites for hydroxylation is 1. The Kier molecular flexibility index (Phi) is 5.83. The highest BCUT2D eigenvalue weighted by Crippen LogP contribution is 2.10. The molecule has 0 bridgehead atoms. The van der Waals surface area contributed by atoms with Crippen LogP contribution >= 0.6 is 0 Å². The van der Waals surface area contributed by atoms with Crippen LogP contribution in [0.15, 0.2) is 16.5 Å². The molecule has 2 rings (SSSR count). The molecular formula is C15H25N3O4S. The summed E-state index contributed by atoms with van der Waals surface area (Å²) < 4.78 is 30.2. The van der Waals surface area contributed by atoms with E-state index in [1.165, 1.54) is 10.6 Å². The van der Waals surface area contributed by atoms with Gasteiger partial charge in [-0.1, -0.05) is 0 Å². The van der Waals surface area contributed by atoms with Crippen LogP contribution in [-0.4, -0.2) is 74.5 Å². The minimum absolute atomic E-state index is 0.00635. The standard InChI is InChI=1S/C15H25N3O4S/c1-13-5-6-14(22-13)11-16(2)15(19)12-17-7-4-8-18(10-9-17)23(3,20)21/h5-6H,4,7-12H2,1-3H3. The first-order valence-electron chi connectivity index (χ1n) is 7.72. The molecule has 0 saturated carbocycles. The molecule has 0 N–H and O–H groups in total. The lowest BCUT2D eigenvalue weighted by molar-refractivity contribution is -0.131. The van der Waals surface area contributed by atoms with Gasteiger partial charge in [-0.05, 0) is 32.0 Å². The molecule has 1 aromatic rings. The van der Waals surface area contributed by atoms with Crippen LogP contribution in [0.2, 0.25) is 0 Å². The van der Waals surface area contributed by atoms with Crippen LogP contribution in [0, 0.1) is 6.92 Å². The Hall–Kier alpha value is -1.38. The maximum atomic E-state index is 12.3. The zero-order valence-corrected chi connectivity index (χ0v) is 14.8. The van der Waals surface area contributed by atoms with Crippen LogP contribution in [0.3, 0.4) is 0 Å². The molecule has 2 heterocycles. The van der Waals surface area contributed by atoms with Crippen LogP contribution in [0.1, 0.15) is 17.9 Å². The number of likely N-dealkylation sites (N-methyl/N-ethyl adjacent to an activating group) is 1. The average Bonchev–Trinajstić information content (AvgIpc) is 2.72. The number of rotatable bonds is 5. The quantitative estimate of drug-likeness (QED) is 0.779. The molecule has 1 aliphatic rings. The van der Waals surface area contributed by atoms with Gasteiger partial charge in [0.2, 0.25) is 15.9 Å². The van der Waals surface area contributed by atoms with Gasteiger partial charge in [0, 0.05) is 26.7 Å². The number of carbonyl (C=O) groups excluding carboxylic acids is 1. The number of sulfonamides is 1. The molecule has 7 nitrogen and oxygen atoms in total. The maximum Gasteiger partial charge on any atom is 0.236 e. The van der Waals surface area contributed by atoms with Crippen molar-refractivity contribution in [3.8, 4) is 0 Å². The molecule has 0 atom stereocenters. The van der Waals surface area contributed by atoms with Crippen molar-refractivity contribution < 1.29 is 17.6 Å². The van der Waals surface area contributed by atoms with Crippen molar-refractivity contribution in [2.24, 2.45) is 0 Å². The molecule has 1 saturated heterocycles. The van der Waals surface area contributed by atoms with Crippen molar-refractivity contribution in [3.63, 3.8) is 0 Å². The predicted octanol–water partition coefficient (Wildman–Crippen LogP) is 0.514. The molecule has 1 aliphatic heterocycles. The SMILES string of the molecule is Cc1ccc(CN(C)C(=O)CN2CCCN(S(C)(=O)=O)CC2)o1. The van der Waals surface area contributed by atoms with Crippen molar-refractivity contribution in [2.45, 2.75) is 19.9 Å². The largest absolute Gasteiger partial charge is 0.464 e. The molecule has 1 amide bonds. The van der Waals surface area contributed by atoms with Gasteiger partial charge in [0.05, 0.1) is 19.3 Å². The molecule has 0 spiro atoms. The van der Waals surface area contributed by atoms with Crippen LogP contribution in [0.4, 0.5) is 0 Å². The van der Waals surface area contributed by atoms with Crippen molar-refractivity contribution >= 4 is 15.9 Å². The molecule has 0 aromatic carbocycles. The normalized spacial score (nSPS) is 17.9. The summed E-state index contributed by atoms with van der Waals surface area (Å²) in [5, 5.41) is 0. The summed E-state index contributed by atoms with van der Waals surface area (Å²) in [4.78, 5) is 16.0. The second kappa shape index (κ2) is 7.46. The molecule has 23 heavy (non-hydrogen) atoms. The van der Waals surface area contributed by atoms with Gasteiger partial charge in [-0.2, -0.15) is 0 Å². The van der Waals surface area contributed by atoms with E-state index in [1.807, 2.05) is 24.0 Å². The molecule has 8 heteroatoms. The summed E-state index contributed by atoms with van der Waals surface area (Å²) in [6.45, 7) is 4.87. The lowest BCUT2D eigenvalue weighted by Gasteiger charge is -2.23. The third kappa shape index (κ3) is 5.33. The third-order valence-electron chi connectivity index (χ3n) is 3.99. The van der Waals surface area contributed by atoms with E-state index in [0.717, 1.165) is 24.5 Å². The zero-order chi connectivity index (χ0) is 17.0. The maximum absolute atomic E-state index is 12.3. The molecule has 0 radical (unpaired) electrons. The van der Waals surface area contributed by atoms with Gasteiger partial charge in [0.25, 0.3) is 0 Å². The second-order valence-electron chi connectivity index (χ2n) is 6.05. The van der Waals surface area contributed by atoms with Gasteiger partial charge in [-0.25, -0.2) is 12.7 Å². The van der Waals surface area contributed by atoms with E-state index in [-0.39, 0.29) is 5.91 Å². The lowest BCUT2D eigenvalue weighted by Crippen LogP contribution is -2.40. The van der Waals surface area contributed by atoms with Gasteiger partial charge in [-0.15, -0.1) is 0 Å². The Morgan fingerprint density at radius 3 is 2.61 bits per heavy atom. The van der Waals surface area contributed by atoms with Crippen LogP contribution in [0.5, 0.6) is 0 Å². The average molecular weight is 343 g/mol. The fraction of sp³-hybridized carbons (Fsp3) is 0.667. The first-order valence-corrected chi connectivity index (χ1v) is 9.57. The fourth-order valence-corrected chi connectivity index (χ4v) is 3.52. The number of carbonyl (C=O) groups is 1. The van der Waals surface area contributed by atoms with E-state index >= 15 is 0 Å².